The van der Waals surface area contributed by atoms with Crippen LogP contribution in [0.25, 0.3) is 5.69 Å². The SMILES string of the molecule is COc1ccc(-n2cnnn2)cc1CNCCc1ccccc1. The Hall–Kier alpha value is -2.73. The van der Waals surface area contributed by atoms with Crippen LogP contribution in [0.2, 0.25) is 0 Å². The van der Waals surface area contributed by atoms with Crippen molar-refractivity contribution < 1.29 is 4.74 Å². The molecular weight excluding hydrogens is 290 g/mol. The molecule has 0 saturated heterocycles. The maximum atomic E-state index is 5.43. The second kappa shape index (κ2) is 7.51. The first-order valence-corrected chi connectivity index (χ1v) is 7.52. The van der Waals surface area contributed by atoms with Gasteiger partial charge in [-0.25, -0.2) is 4.68 Å². The first kappa shape index (κ1) is 15.2. The number of nitrogens with zero attached hydrogens (tertiary/aromatic N) is 4. The summed E-state index contributed by atoms with van der Waals surface area (Å²) in [6.45, 7) is 1.63. The molecule has 0 amide bonds. The summed E-state index contributed by atoms with van der Waals surface area (Å²) in [5, 5.41) is 14.7. The zero-order valence-corrected chi connectivity index (χ0v) is 13.0. The first-order valence-electron chi connectivity index (χ1n) is 7.52. The minimum Gasteiger partial charge on any atom is -0.496 e. The summed E-state index contributed by atoms with van der Waals surface area (Å²) in [5.41, 5.74) is 3.32. The molecule has 3 aromatic rings. The van der Waals surface area contributed by atoms with Gasteiger partial charge in [-0.05, 0) is 47.2 Å². The van der Waals surface area contributed by atoms with Gasteiger partial charge in [0.1, 0.15) is 12.1 Å². The molecule has 0 fully saturated rings. The molecule has 0 atom stereocenters. The smallest absolute Gasteiger partial charge is 0.143 e. The van der Waals surface area contributed by atoms with E-state index < -0.39 is 0 Å². The van der Waals surface area contributed by atoms with Crippen LogP contribution in [0, 0.1) is 0 Å². The monoisotopic (exact) mass is 309 g/mol. The lowest BCUT2D eigenvalue weighted by Gasteiger charge is -2.11. The molecule has 0 aliphatic heterocycles. The molecule has 3 rings (SSSR count). The van der Waals surface area contributed by atoms with Gasteiger partial charge in [0.2, 0.25) is 0 Å². The number of aromatic nitrogens is 4. The van der Waals surface area contributed by atoms with Crippen molar-refractivity contribution in [3.8, 4) is 11.4 Å². The molecule has 23 heavy (non-hydrogen) atoms. The van der Waals surface area contributed by atoms with Crippen LogP contribution < -0.4 is 10.1 Å². The van der Waals surface area contributed by atoms with Gasteiger partial charge in [0, 0.05) is 12.1 Å². The minimum absolute atomic E-state index is 0.728. The Morgan fingerprint density at radius 1 is 1.13 bits per heavy atom. The Morgan fingerprint density at radius 2 is 2.00 bits per heavy atom. The quantitative estimate of drug-likeness (QED) is 0.676. The number of ether oxygens (including phenoxy) is 1. The van der Waals surface area contributed by atoms with Gasteiger partial charge in [-0.3, -0.25) is 0 Å². The van der Waals surface area contributed by atoms with Gasteiger partial charge in [0.25, 0.3) is 0 Å². The van der Waals surface area contributed by atoms with E-state index in [-0.39, 0.29) is 0 Å². The first-order chi connectivity index (χ1) is 11.4. The van der Waals surface area contributed by atoms with Crippen molar-refractivity contribution in [3.63, 3.8) is 0 Å². The Kier molecular flexibility index (Phi) is 4.95. The molecule has 118 valence electrons. The molecule has 1 N–H and O–H groups in total. The summed E-state index contributed by atoms with van der Waals surface area (Å²) in [5.74, 6) is 0.856. The maximum Gasteiger partial charge on any atom is 0.143 e. The largest absolute Gasteiger partial charge is 0.496 e. The van der Waals surface area contributed by atoms with E-state index in [1.165, 1.54) is 5.56 Å². The van der Waals surface area contributed by atoms with Crippen molar-refractivity contribution >= 4 is 0 Å². The molecule has 0 saturated carbocycles. The lowest BCUT2D eigenvalue weighted by atomic mass is 10.1. The lowest BCUT2D eigenvalue weighted by Crippen LogP contribution is -2.17. The average Bonchev–Trinajstić information content (AvgIpc) is 3.14. The van der Waals surface area contributed by atoms with Crippen molar-refractivity contribution in [2.45, 2.75) is 13.0 Å². The summed E-state index contributed by atoms with van der Waals surface area (Å²) in [4.78, 5) is 0. The Balaban J connectivity index is 1.63. The Labute approximate surface area is 135 Å². The van der Waals surface area contributed by atoms with Crippen LogP contribution in [-0.2, 0) is 13.0 Å². The van der Waals surface area contributed by atoms with Crippen molar-refractivity contribution in [2.75, 3.05) is 13.7 Å². The number of hydrogen-bond acceptors (Lipinski definition) is 5. The molecule has 6 nitrogen and oxygen atoms in total. The van der Waals surface area contributed by atoms with Crippen molar-refractivity contribution in [1.82, 2.24) is 25.5 Å². The van der Waals surface area contributed by atoms with E-state index in [4.69, 9.17) is 4.74 Å². The summed E-state index contributed by atoms with van der Waals surface area (Å²) < 4.78 is 7.06. The van der Waals surface area contributed by atoms with Crippen molar-refractivity contribution in [3.05, 3.63) is 66.0 Å². The molecule has 0 bridgehead atoms. The molecule has 1 aromatic heterocycles. The van der Waals surface area contributed by atoms with Crippen LogP contribution in [0.4, 0.5) is 0 Å². The van der Waals surface area contributed by atoms with E-state index in [1.807, 2.05) is 24.3 Å². The summed E-state index contributed by atoms with van der Waals surface area (Å²) >= 11 is 0. The van der Waals surface area contributed by atoms with Gasteiger partial charge >= 0.3 is 0 Å². The van der Waals surface area contributed by atoms with Gasteiger partial charge in [0.05, 0.1) is 12.8 Å². The molecule has 6 heteroatoms. The zero-order valence-electron chi connectivity index (χ0n) is 13.0. The van der Waals surface area contributed by atoms with E-state index in [0.717, 1.165) is 36.5 Å². The normalized spacial score (nSPS) is 10.7. The topological polar surface area (TPSA) is 64.9 Å². The summed E-state index contributed by atoms with van der Waals surface area (Å²) in [6.07, 6.45) is 2.57. The van der Waals surface area contributed by atoms with Gasteiger partial charge in [-0.15, -0.1) is 5.10 Å². The third-order valence-electron chi connectivity index (χ3n) is 3.63. The van der Waals surface area contributed by atoms with Crippen LogP contribution in [0.3, 0.4) is 0 Å². The van der Waals surface area contributed by atoms with Crippen molar-refractivity contribution in [2.24, 2.45) is 0 Å². The average molecular weight is 309 g/mol. The fourth-order valence-electron chi connectivity index (χ4n) is 2.43. The van der Waals surface area contributed by atoms with E-state index in [9.17, 15) is 0 Å². The third-order valence-corrected chi connectivity index (χ3v) is 3.63. The highest BCUT2D eigenvalue weighted by atomic mass is 16.5. The number of benzene rings is 2. The van der Waals surface area contributed by atoms with Gasteiger partial charge < -0.3 is 10.1 Å². The molecule has 0 aliphatic carbocycles. The Bertz CT molecular complexity index is 728. The lowest BCUT2D eigenvalue weighted by molar-refractivity contribution is 0.407. The Morgan fingerprint density at radius 3 is 2.74 bits per heavy atom. The highest BCUT2D eigenvalue weighted by molar-refractivity contribution is 5.43. The number of nitrogens with one attached hydrogen (secondary N) is 1. The van der Waals surface area contributed by atoms with Crippen LogP contribution in [0.15, 0.2) is 54.9 Å². The predicted molar refractivity (Wildman–Crippen MR) is 87.6 cm³/mol. The van der Waals surface area contributed by atoms with Crippen LogP contribution in [0.1, 0.15) is 11.1 Å². The van der Waals surface area contributed by atoms with Crippen LogP contribution in [-0.4, -0.2) is 33.9 Å². The second-order valence-corrected chi connectivity index (χ2v) is 5.16. The fraction of sp³-hybridized carbons (Fsp3) is 0.235. The summed E-state index contributed by atoms with van der Waals surface area (Å²) in [6, 6.07) is 16.3. The number of tetrazole rings is 1. The standard InChI is InChI=1S/C17H19N5O/c1-23-17-8-7-16(22-13-19-20-21-22)11-15(17)12-18-10-9-14-5-3-2-4-6-14/h2-8,11,13,18H,9-10,12H2,1H3. The van der Waals surface area contributed by atoms with Crippen LogP contribution >= 0.6 is 0 Å². The molecule has 0 spiro atoms. The molecular formula is C17H19N5O. The minimum atomic E-state index is 0.728. The third kappa shape index (κ3) is 3.92. The predicted octanol–water partition coefficient (Wildman–Crippen LogP) is 2.00. The molecule has 2 aromatic carbocycles. The van der Waals surface area contributed by atoms with Gasteiger partial charge in [-0.1, -0.05) is 30.3 Å². The second-order valence-electron chi connectivity index (χ2n) is 5.16. The van der Waals surface area contributed by atoms with E-state index in [1.54, 1.807) is 18.1 Å². The van der Waals surface area contributed by atoms with E-state index in [2.05, 4.69) is 45.1 Å². The summed E-state index contributed by atoms with van der Waals surface area (Å²) in [7, 11) is 1.68. The van der Waals surface area contributed by atoms with E-state index >= 15 is 0 Å². The molecule has 0 radical (unpaired) electrons. The van der Waals surface area contributed by atoms with Gasteiger partial charge in [-0.2, -0.15) is 0 Å². The molecule has 0 aliphatic rings. The maximum absolute atomic E-state index is 5.43. The highest BCUT2D eigenvalue weighted by Gasteiger charge is 2.06. The van der Waals surface area contributed by atoms with E-state index in [0.29, 0.717) is 0 Å². The van der Waals surface area contributed by atoms with Gasteiger partial charge in [0.15, 0.2) is 0 Å². The molecule has 1 heterocycles. The number of hydrogen-bond donors (Lipinski definition) is 1. The number of rotatable bonds is 7. The van der Waals surface area contributed by atoms with Crippen molar-refractivity contribution in [1.29, 1.82) is 0 Å². The zero-order chi connectivity index (χ0) is 15.9. The molecule has 0 unspecified atom stereocenters. The number of methoxy groups -OCH3 is 1. The van der Waals surface area contributed by atoms with Crippen LogP contribution in [0.5, 0.6) is 5.75 Å². The highest BCUT2D eigenvalue weighted by Crippen LogP contribution is 2.21. The fourth-order valence-corrected chi connectivity index (χ4v) is 2.43.